The fraction of sp³-hybridized carbons (Fsp3) is 0.650. The molecule has 1 aliphatic carbocycles. The van der Waals surface area contributed by atoms with Crippen LogP contribution >= 0.6 is 0 Å². The standard InChI is InChI=1S/C20H26N4O/c21-12-18-6-3-7-19(22-18)23-10-8-15(9-11-23)20(25)24-13-16-4-1-2-5-17(16)14-24/h3,6-7,15-17H,1-2,4-5,8-11,13-14H2. The normalized spacial score (nSPS) is 27.0. The molecule has 1 aromatic heterocycles. The van der Waals surface area contributed by atoms with Gasteiger partial charge in [0, 0.05) is 32.1 Å². The number of pyridine rings is 1. The first-order valence-electron chi connectivity index (χ1n) is 9.65. The number of rotatable bonds is 2. The second-order valence-electron chi connectivity index (χ2n) is 7.80. The van der Waals surface area contributed by atoms with E-state index < -0.39 is 0 Å². The van der Waals surface area contributed by atoms with Crippen LogP contribution in [0.15, 0.2) is 18.2 Å². The number of nitriles is 1. The fourth-order valence-corrected chi connectivity index (χ4v) is 4.86. The maximum atomic E-state index is 12.9. The van der Waals surface area contributed by atoms with E-state index in [1.807, 2.05) is 12.1 Å². The molecule has 1 amide bonds. The van der Waals surface area contributed by atoms with Crippen LogP contribution in [-0.4, -0.2) is 42.0 Å². The monoisotopic (exact) mass is 338 g/mol. The molecule has 2 saturated heterocycles. The van der Waals surface area contributed by atoms with Crippen molar-refractivity contribution >= 4 is 11.7 Å². The van der Waals surface area contributed by atoms with Crippen LogP contribution in [0.5, 0.6) is 0 Å². The van der Waals surface area contributed by atoms with Crippen molar-refractivity contribution in [2.24, 2.45) is 17.8 Å². The number of hydrogen-bond donors (Lipinski definition) is 0. The third-order valence-electron chi connectivity index (χ3n) is 6.31. The summed E-state index contributed by atoms with van der Waals surface area (Å²) in [6.07, 6.45) is 7.10. The highest BCUT2D eigenvalue weighted by molar-refractivity contribution is 5.79. The molecular weight excluding hydrogens is 312 g/mol. The van der Waals surface area contributed by atoms with Crippen LogP contribution in [0.2, 0.25) is 0 Å². The number of amides is 1. The van der Waals surface area contributed by atoms with Gasteiger partial charge in [-0.1, -0.05) is 18.9 Å². The average molecular weight is 338 g/mol. The zero-order chi connectivity index (χ0) is 17.2. The lowest BCUT2D eigenvalue weighted by molar-refractivity contribution is -0.135. The van der Waals surface area contributed by atoms with Crippen molar-refractivity contribution in [3.8, 4) is 6.07 Å². The third kappa shape index (κ3) is 3.35. The lowest BCUT2D eigenvalue weighted by Gasteiger charge is -2.34. The molecule has 5 heteroatoms. The van der Waals surface area contributed by atoms with Crippen LogP contribution in [0, 0.1) is 29.1 Å². The first-order chi connectivity index (χ1) is 12.2. The Morgan fingerprint density at radius 3 is 2.40 bits per heavy atom. The van der Waals surface area contributed by atoms with E-state index in [9.17, 15) is 4.79 Å². The summed E-state index contributed by atoms with van der Waals surface area (Å²) in [6.45, 7) is 3.68. The van der Waals surface area contributed by atoms with Gasteiger partial charge in [-0.15, -0.1) is 0 Å². The van der Waals surface area contributed by atoms with Crippen LogP contribution in [-0.2, 0) is 4.79 Å². The van der Waals surface area contributed by atoms with Gasteiger partial charge >= 0.3 is 0 Å². The van der Waals surface area contributed by atoms with E-state index in [1.165, 1.54) is 25.7 Å². The summed E-state index contributed by atoms with van der Waals surface area (Å²) in [6, 6.07) is 7.66. The van der Waals surface area contributed by atoms with Crippen molar-refractivity contribution in [2.75, 3.05) is 31.1 Å². The summed E-state index contributed by atoms with van der Waals surface area (Å²) in [5.41, 5.74) is 0.454. The summed E-state index contributed by atoms with van der Waals surface area (Å²) in [5.74, 6) is 2.92. The van der Waals surface area contributed by atoms with Gasteiger partial charge in [0.15, 0.2) is 0 Å². The van der Waals surface area contributed by atoms with Gasteiger partial charge in [0.2, 0.25) is 5.91 Å². The smallest absolute Gasteiger partial charge is 0.225 e. The molecule has 4 rings (SSSR count). The van der Waals surface area contributed by atoms with E-state index in [-0.39, 0.29) is 5.92 Å². The van der Waals surface area contributed by atoms with Crippen molar-refractivity contribution < 1.29 is 4.79 Å². The van der Waals surface area contributed by atoms with Crippen LogP contribution in [0.1, 0.15) is 44.2 Å². The molecule has 1 aromatic rings. The Hall–Kier alpha value is -2.09. The van der Waals surface area contributed by atoms with Crippen molar-refractivity contribution in [1.29, 1.82) is 5.26 Å². The van der Waals surface area contributed by atoms with E-state index in [0.717, 1.165) is 56.7 Å². The number of carbonyl (C=O) groups excluding carboxylic acids is 1. The fourth-order valence-electron chi connectivity index (χ4n) is 4.86. The van der Waals surface area contributed by atoms with Gasteiger partial charge in [0.25, 0.3) is 0 Å². The summed E-state index contributed by atoms with van der Waals surface area (Å²) in [7, 11) is 0. The summed E-state index contributed by atoms with van der Waals surface area (Å²) < 4.78 is 0. The molecule has 2 atom stereocenters. The Morgan fingerprint density at radius 2 is 1.76 bits per heavy atom. The van der Waals surface area contributed by atoms with Gasteiger partial charge in [-0.25, -0.2) is 4.98 Å². The summed E-state index contributed by atoms with van der Waals surface area (Å²) >= 11 is 0. The minimum atomic E-state index is 0.163. The molecule has 5 nitrogen and oxygen atoms in total. The van der Waals surface area contributed by atoms with Crippen molar-refractivity contribution in [3.05, 3.63) is 23.9 Å². The highest BCUT2D eigenvalue weighted by Crippen LogP contribution is 2.37. The second-order valence-corrected chi connectivity index (χ2v) is 7.80. The molecule has 0 radical (unpaired) electrons. The van der Waals surface area contributed by atoms with Crippen molar-refractivity contribution in [2.45, 2.75) is 38.5 Å². The Bertz CT molecular complexity index is 661. The first kappa shape index (κ1) is 16.4. The van der Waals surface area contributed by atoms with E-state index in [4.69, 9.17) is 5.26 Å². The first-order valence-corrected chi connectivity index (χ1v) is 9.65. The van der Waals surface area contributed by atoms with Crippen LogP contribution in [0.25, 0.3) is 0 Å². The van der Waals surface area contributed by atoms with Gasteiger partial charge in [-0.2, -0.15) is 5.26 Å². The minimum absolute atomic E-state index is 0.163. The van der Waals surface area contributed by atoms with Crippen LogP contribution < -0.4 is 4.90 Å². The second kappa shape index (κ2) is 7.03. The molecule has 132 valence electrons. The molecule has 3 fully saturated rings. The third-order valence-corrected chi connectivity index (χ3v) is 6.31. The number of fused-ring (bicyclic) bond motifs is 1. The predicted octanol–water partition coefficient (Wildman–Crippen LogP) is 2.82. The van der Waals surface area contributed by atoms with E-state index in [2.05, 4.69) is 20.9 Å². The number of likely N-dealkylation sites (tertiary alicyclic amines) is 1. The Balaban J connectivity index is 1.34. The minimum Gasteiger partial charge on any atom is -0.357 e. The highest BCUT2D eigenvalue weighted by Gasteiger charge is 2.39. The molecule has 2 aliphatic heterocycles. The van der Waals surface area contributed by atoms with Crippen LogP contribution in [0.3, 0.4) is 0 Å². The number of hydrogen-bond acceptors (Lipinski definition) is 4. The molecule has 0 spiro atoms. The topological polar surface area (TPSA) is 60.2 Å². The van der Waals surface area contributed by atoms with Gasteiger partial charge in [0.05, 0.1) is 0 Å². The molecule has 25 heavy (non-hydrogen) atoms. The zero-order valence-corrected chi connectivity index (χ0v) is 14.7. The highest BCUT2D eigenvalue weighted by atomic mass is 16.2. The largest absolute Gasteiger partial charge is 0.357 e. The van der Waals surface area contributed by atoms with E-state index >= 15 is 0 Å². The quantitative estimate of drug-likeness (QED) is 0.832. The predicted molar refractivity (Wildman–Crippen MR) is 95.9 cm³/mol. The Kier molecular flexibility index (Phi) is 4.61. The molecule has 1 saturated carbocycles. The SMILES string of the molecule is N#Cc1cccc(N2CCC(C(=O)N3CC4CCCCC4C3)CC2)n1. The van der Waals surface area contributed by atoms with E-state index in [1.54, 1.807) is 6.07 Å². The van der Waals surface area contributed by atoms with Crippen molar-refractivity contribution in [3.63, 3.8) is 0 Å². The number of nitrogens with zero attached hydrogens (tertiary/aromatic N) is 4. The average Bonchev–Trinajstić information content (AvgIpc) is 3.12. The molecule has 3 heterocycles. The number of carbonyl (C=O) groups is 1. The molecular formula is C20H26N4O. The van der Waals surface area contributed by atoms with Gasteiger partial charge in [-0.05, 0) is 49.7 Å². The number of aromatic nitrogens is 1. The maximum absolute atomic E-state index is 12.9. The van der Waals surface area contributed by atoms with Crippen molar-refractivity contribution in [1.82, 2.24) is 9.88 Å². The molecule has 0 aromatic carbocycles. The van der Waals surface area contributed by atoms with Crippen LogP contribution in [0.4, 0.5) is 5.82 Å². The molecule has 2 unspecified atom stereocenters. The van der Waals surface area contributed by atoms with Gasteiger partial charge in [0.1, 0.15) is 17.6 Å². The lowest BCUT2D eigenvalue weighted by Crippen LogP contribution is -2.42. The lowest BCUT2D eigenvalue weighted by atomic mass is 9.82. The number of anilines is 1. The maximum Gasteiger partial charge on any atom is 0.225 e. The summed E-state index contributed by atoms with van der Waals surface area (Å²) in [4.78, 5) is 21.7. The van der Waals surface area contributed by atoms with E-state index in [0.29, 0.717) is 11.6 Å². The zero-order valence-electron chi connectivity index (χ0n) is 14.7. The molecule has 0 N–H and O–H groups in total. The van der Waals surface area contributed by atoms with Gasteiger partial charge in [-0.3, -0.25) is 4.79 Å². The van der Waals surface area contributed by atoms with Gasteiger partial charge < -0.3 is 9.80 Å². The molecule has 3 aliphatic rings. The Morgan fingerprint density at radius 1 is 1.08 bits per heavy atom. The summed E-state index contributed by atoms with van der Waals surface area (Å²) in [5, 5.41) is 9.00. The number of piperidine rings is 1. The Labute approximate surface area is 149 Å². The molecule has 0 bridgehead atoms.